The lowest BCUT2D eigenvalue weighted by molar-refractivity contribution is -0.120. The summed E-state index contributed by atoms with van der Waals surface area (Å²) in [5.74, 6) is -0.189. The first-order valence-electron chi connectivity index (χ1n) is 5.94. The van der Waals surface area contributed by atoms with Crippen LogP contribution in [0.25, 0.3) is 0 Å². The van der Waals surface area contributed by atoms with Crippen molar-refractivity contribution in [3.05, 3.63) is 28.8 Å². The van der Waals surface area contributed by atoms with Crippen LogP contribution in [0.1, 0.15) is 5.56 Å². The van der Waals surface area contributed by atoms with Crippen molar-refractivity contribution in [2.24, 2.45) is 5.92 Å². The number of nitrogens with one attached hydrogen (secondary N) is 2. The molecule has 0 bridgehead atoms. The zero-order valence-electron chi connectivity index (χ0n) is 10.5. The topological polar surface area (TPSA) is 50.4 Å². The molecular weight excluding hydrogens is 252 g/mol. The third-order valence-electron chi connectivity index (χ3n) is 3.25. The number of amides is 1. The van der Waals surface area contributed by atoms with Crippen LogP contribution in [-0.4, -0.2) is 32.2 Å². The summed E-state index contributed by atoms with van der Waals surface area (Å²) in [5, 5.41) is 6.62. The summed E-state index contributed by atoms with van der Waals surface area (Å²) in [7, 11) is 1.84. The van der Waals surface area contributed by atoms with E-state index >= 15 is 0 Å². The maximum atomic E-state index is 12.2. The molecule has 1 heterocycles. The van der Waals surface area contributed by atoms with E-state index in [4.69, 9.17) is 16.3 Å². The van der Waals surface area contributed by atoms with Crippen LogP contribution in [0.4, 0.5) is 5.69 Å². The van der Waals surface area contributed by atoms with Gasteiger partial charge in [-0.3, -0.25) is 4.79 Å². The number of benzene rings is 1. The molecule has 0 aliphatic carbocycles. The summed E-state index contributed by atoms with van der Waals surface area (Å²) in [6, 6.07) is 5.53. The molecule has 1 aliphatic rings. The van der Waals surface area contributed by atoms with Gasteiger partial charge in [-0.25, -0.2) is 0 Å². The van der Waals surface area contributed by atoms with Gasteiger partial charge < -0.3 is 15.4 Å². The minimum atomic E-state index is -0.159. The molecule has 5 heteroatoms. The van der Waals surface area contributed by atoms with E-state index in [2.05, 4.69) is 10.6 Å². The van der Waals surface area contributed by atoms with E-state index in [1.807, 2.05) is 26.1 Å². The fourth-order valence-electron chi connectivity index (χ4n) is 2.05. The predicted molar refractivity (Wildman–Crippen MR) is 72.0 cm³/mol. The van der Waals surface area contributed by atoms with Gasteiger partial charge in [0, 0.05) is 16.8 Å². The van der Waals surface area contributed by atoms with Crippen LogP contribution >= 0.6 is 11.6 Å². The van der Waals surface area contributed by atoms with Crippen LogP contribution in [-0.2, 0) is 9.53 Å². The molecule has 18 heavy (non-hydrogen) atoms. The van der Waals surface area contributed by atoms with Crippen LogP contribution < -0.4 is 10.6 Å². The van der Waals surface area contributed by atoms with Crippen molar-refractivity contribution in [2.75, 3.05) is 25.6 Å². The molecule has 0 saturated carbocycles. The Morgan fingerprint density at radius 1 is 1.44 bits per heavy atom. The minimum absolute atomic E-state index is 0.0304. The molecule has 1 aromatic rings. The number of carbonyl (C=O) groups is 1. The third-order valence-corrected chi connectivity index (χ3v) is 3.48. The lowest BCUT2D eigenvalue weighted by atomic mass is 10.0. The van der Waals surface area contributed by atoms with Gasteiger partial charge in [-0.15, -0.1) is 0 Å². The fourth-order valence-corrected chi connectivity index (χ4v) is 2.22. The van der Waals surface area contributed by atoms with Crippen LogP contribution in [0, 0.1) is 12.8 Å². The highest BCUT2D eigenvalue weighted by Crippen LogP contribution is 2.22. The average Bonchev–Trinajstić information content (AvgIpc) is 2.82. The summed E-state index contributed by atoms with van der Waals surface area (Å²) in [6.45, 7) is 2.96. The minimum Gasteiger partial charge on any atom is -0.379 e. The highest BCUT2D eigenvalue weighted by molar-refractivity contribution is 6.31. The van der Waals surface area contributed by atoms with Crippen LogP contribution in [0.3, 0.4) is 0 Å². The van der Waals surface area contributed by atoms with Crippen LogP contribution in [0.5, 0.6) is 0 Å². The van der Waals surface area contributed by atoms with Crippen molar-refractivity contribution < 1.29 is 9.53 Å². The molecule has 1 amide bonds. The Hall–Kier alpha value is -1.10. The first kappa shape index (κ1) is 13.3. The van der Waals surface area contributed by atoms with E-state index < -0.39 is 0 Å². The molecule has 0 spiro atoms. The smallest absolute Gasteiger partial charge is 0.231 e. The van der Waals surface area contributed by atoms with Gasteiger partial charge in [0.1, 0.15) is 0 Å². The maximum Gasteiger partial charge on any atom is 0.231 e. The van der Waals surface area contributed by atoms with Gasteiger partial charge in [0.2, 0.25) is 5.91 Å². The number of aryl methyl sites for hydroxylation is 1. The number of anilines is 1. The first-order chi connectivity index (χ1) is 8.61. The van der Waals surface area contributed by atoms with Crippen molar-refractivity contribution in [3.8, 4) is 0 Å². The van der Waals surface area contributed by atoms with E-state index in [0.29, 0.717) is 18.2 Å². The van der Waals surface area contributed by atoms with Gasteiger partial charge in [0.15, 0.2) is 0 Å². The predicted octanol–water partition coefficient (Wildman–Crippen LogP) is 1.82. The third kappa shape index (κ3) is 2.83. The van der Waals surface area contributed by atoms with Crippen LogP contribution in [0.2, 0.25) is 5.02 Å². The van der Waals surface area contributed by atoms with E-state index in [0.717, 1.165) is 11.3 Å². The second-order valence-corrected chi connectivity index (χ2v) is 4.92. The van der Waals surface area contributed by atoms with Gasteiger partial charge in [0.25, 0.3) is 0 Å². The molecule has 4 nitrogen and oxygen atoms in total. The second-order valence-electron chi connectivity index (χ2n) is 4.49. The fraction of sp³-hybridized carbons (Fsp3) is 0.462. The molecule has 0 aromatic heterocycles. The Labute approximate surface area is 112 Å². The van der Waals surface area contributed by atoms with Crippen molar-refractivity contribution >= 4 is 23.2 Å². The Morgan fingerprint density at radius 2 is 2.22 bits per heavy atom. The van der Waals surface area contributed by atoms with Gasteiger partial charge in [-0.2, -0.15) is 0 Å². The molecule has 2 rings (SSSR count). The highest BCUT2D eigenvalue weighted by atomic mass is 35.5. The zero-order chi connectivity index (χ0) is 13.1. The average molecular weight is 269 g/mol. The normalized spacial score (nSPS) is 23.1. The van der Waals surface area contributed by atoms with Gasteiger partial charge in [-0.05, 0) is 31.7 Å². The summed E-state index contributed by atoms with van der Waals surface area (Å²) >= 11 is 5.93. The summed E-state index contributed by atoms with van der Waals surface area (Å²) in [4.78, 5) is 12.2. The highest BCUT2D eigenvalue weighted by Gasteiger charge is 2.33. The van der Waals surface area contributed by atoms with Crippen molar-refractivity contribution in [1.82, 2.24) is 5.32 Å². The van der Waals surface area contributed by atoms with E-state index in [1.54, 1.807) is 6.07 Å². The second kappa shape index (κ2) is 5.69. The van der Waals surface area contributed by atoms with Crippen molar-refractivity contribution in [3.63, 3.8) is 0 Å². The number of ether oxygens (including phenoxy) is 1. The number of hydrogen-bond acceptors (Lipinski definition) is 3. The Balaban J connectivity index is 2.09. The summed E-state index contributed by atoms with van der Waals surface area (Å²) in [5.41, 5.74) is 1.75. The number of rotatable bonds is 3. The van der Waals surface area contributed by atoms with Gasteiger partial charge >= 0.3 is 0 Å². The molecule has 2 N–H and O–H groups in total. The van der Waals surface area contributed by atoms with Crippen molar-refractivity contribution in [1.29, 1.82) is 0 Å². The molecule has 1 fully saturated rings. The molecule has 98 valence electrons. The quantitative estimate of drug-likeness (QED) is 0.879. The molecular formula is C13H17ClN2O2. The first-order valence-corrected chi connectivity index (χ1v) is 6.31. The van der Waals surface area contributed by atoms with Gasteiger partial charge in [0.05, 0.1) is 19.1 Å². The summed E-state index contributed by atoms with van der Waals surface area (Å²) < 4.78 is 5.32. The SMILES string of the molecule is CNC1COCC1C(=O)Nc1cc(Cl)ccc1C. The molecule has 2 unspecified atom stereocenters. The molecule has 0 radical (unpaired) electrons. The number of halogens is 1. The standard InChI is InChI=1S/C13H17ClN2O2/c1-8-3-4-9(14)5-11(8)16-13(17)10-6-18-7-12(10)15-2/h3-5,10,12,15H,6-7H2,1-2H3,(H,16,17). The zero-order valence-corrected chi connectivity index (χ0v) is 11.3. The Morgan fingerprint density at radius 3 is 2.94 bits per heavy atom. The molecule has 1 aliphatic heterocycles. The van der Waals surface area contributed by atoms with E-state index in [-0.39, 0.29) is 17.9 Å². The van der Waals surface area contributed by atoms with Crippen molar-refractivity contribution in [2.45, 2.75) is 13.0 Å². The van der Waals surface area contributed by atoms with Gasteiger partial charge in [-0.1, -0.05) is 17.7 Å². The molecule has 1 aromatic carbocycles. The largest absolute Gasteiger partial charge is 0.379 e. The number of hydrogen-bond donors (Lipinski definition) is 2. The Kier molecular flexibility index (Phi) is 4.22. The number of likely N-dealkylation sites (N-methyl/N-ethyl adjacent to an activating group) is 1. The molecule has 1 saturated heterocycles. The summed E-state index contributed by atoms with van der Waals surface area (Å²) in [6.07, 6.45) is 0. The lowest BCUT2D eigenvalue weighted by Gasteiger charge is -2.17. The Bertz CT molecular complexity index is 451. The monoisotopic (exact) mass is 268 g/mol. The molecule has 2 atom stereocenters. The van der Waals surface area contributed by atoms with E-state index in [1.165, 1.54) is 0 Å². The lowest BCUT2D eigenvalue weighted by Crippen LogP contribution is -2.39. The van der Waals surface area contributed by atoms with E-state index in [9.17, 15) is 4.79 Å². The maximum absolute atomic E-state index is 12.2. The number of carbonyl (C=O) groups excluding carboxylic acids is 1. The van der Waals surface area contributed by atoms with Crippen LogP contribution in [0.15, 0.2) is 18.2 Å².